The van der Waals surface area contributed by atoms with Gasteiger partial charge < -0.3 is 5.73 Å². The summed E-state index contributed by atoms with van der Waals surface area (Å²) >= 11 is 0. The summed E-state index contributed by atoms with van der Waals surface area (Å²) in [6, 6.07) is 19.2. The van der Waals surface area contributed by atoms with Crippen molar-refractivity contribution in [3.63, 3.8) is 0 Å². The monoisotopic (exact) mass is 239 g/mol. The average molecular weight is 239 g/mol. The molecule has 2 aromatic carbocycles. The molecule has 94 valence electrons. The second kappa shape index (κ2) is 6.36. The first-order chi connectivity index (χ1) is 8.79. The van der Waals surface area contributed by atoms with Crippen molar-refractivity contribution in [3.05, 3.63) is 71.3 Å². The fourth-order valence-electron chi connectivity index (χ4n) is 2.25. The molecule has 0 amide bonds. The summed E-state index contributed by atoms with van der Waals surface area (Å²) in [5.41, 5.74) is 10.2. The van der Waals surface area contributed by atoms with Crippen LogP contribution in [-0.4, -0.2) is 0 Å². The lowest BCUT2D eigenvalue weighted by atomic mass is 9.97. The fourth-order valence-corrected chi connectivity index (χ4v) is 2.25. The minimum atomic E-state index is 0.0872. The Labute approximate surface area is 110 Å². The maximum atomic E-state index is 6.29. The SMILES string of the molecule is CCCc1cccc(C(N)Cc2ccccc2)c1. The van der Waals surface area contributed by atoms with Crippen molar-refractivity contribution in [2.75, 3.05) is 0 Å². The molecule has 2 N–H and O–H groups in total. The van der Waals surface area contributed by atoms with Crippen LogP contribution in [-0.2, 0) is 12.8 Å². The minimum Gasteiger partial charge on any atom is -0.324 e. The molecule has 0 bridgehead atoms. The first-order valence-corrected chi connectivity index (χ1v) is 6.68. The van der Waals surface area contributed by atoms with Gasteiger partial charge in [-0.15, -0.1) is 0 Å². The molecule has 0 aliphatic carbocycles. The summed E-state index contributed by atoms with van der Waals surface area (Å²) in [4.78, 5) is 0. The van der Waals surface area contributed by atoms with Crippen LogP contribution in [0.3, 0.4) is 0 Å². The number of aryl methyl sites for hydroxylation is 1. The predicted octanol–water partition coefficient (Wildman–Crippen LogP) is 3.88. The van der Waals surface area contributed by atoms with Crippen LogP contribution in [0.5, 0.6) is 0 Å². The summed E-state index contributed by atoms with van der Waals surface area (Å²) < 4.78 is 0. The molecule has 0 aromatic heterocycles. The van der Waals surface area contributed by atoms with Crippen molar-refractivity contribution in [1.29, 1.82) is 0 Å². The fraction of sp³-hybridized carbons (Fsp3) is 0.294. The van der Waals surface area contributed by atoms with Crippen LogP contribution in [0.1, 0.15) is 36.1 Å². The van der Waals surface area contributed by atoms with Crippen molar-refractivity contribution in [1.82, 2.24) is 0 Å². The van der Waals surface area contributed by atoms with Crippen molar-refractivity contribution < 1.29 is 0 Å². The Morgan fingerprint density at radius 1 is 0.944 bits per heavy atom. The lowest BCUT2D eigenvalue weighted by molar-refractivity contribution is 0.719. The molecule has 1 nitrogen and oxygen atoms in total. The van der Waals surface area contributed by atoms with Crippen molar-refractivity contribution in [2.45, 2.75) is 32.2 Å². The number of nitrogens with two attached hydrogens (primary N) is 1. The summed E-state index contributed by atoms with van der Waals surface area (Å²) in [7, 11) is 0. The number of rotatable bonds is 5. The van der Waals surface area contributed by atoms with E-state index in [0.29, 0.717) is 0 Å². The molecule has 0 spiro atoms. The maximum absolute atomic E-state index is 6.29. The predicted molar refractivity (Wildman–Crippen MR) is 77.5 cm³/mol. The topological polar surface area (TPSA) is 26.0 Å². The molecule has 18 heavy (non-hydrogen) atoms. The number of hydrogen-bond donors (Lipinski definition) is 1. The molecule has 0 fully saturated rings. The second-order valence-electron chi connectivity index (χ2n) is 4.79. The highest BCUT2D eigenvalue weighted by molar-refractivity contribution is 5.28. The van der Waals surface area contributed by atoms with Crippen LogP contribution in [0.4, 0.5) is 0 Å². The van der Waals surface area contributed by atoms with Gasteiger partial charge in [0.2, 0.25) is 0 Å². The molecular weight excluding hydrogens is 218 g/mol. The summed E-state index contributed by atoms with van der Waals surface area (Å²) in [5, 5.41) is 0. The largest absolute Gasteiger partial charge is 0.324 e. The molecule has 0 aliphatic heterocycles. The van der Waals surface area contributed by atoms with Gasteiger partial charge in [-0.25, -0.2) is 0 Å². The number of hydrogen-bond acceptors (Lipinski definition) is 1. The lowest BCUT2D eigenvalue weighted by Gasteiger charge is -2.13. The molecule has 0 heterocycles. The van der Waals surface area contributed by atoms with Crippen molar-refractivity contribution >= 4 is 0 Å². The molecule has 0 radical (unpaired) electrons. The van der Waals surface area contributed by atoms with E-state index in [2.05, 4.69) is 55.5 Å². The van der Waals surface area contributed by atoms with Gasteiger partial charge in [0.1, 0.15) is 0 Å². The van der Waals surface area contributed by atoms with E-state index < -0.39 is 0 Å². The van der Waals surface area contributed by atoms with E-state index in [1.165, 1.54) is 23.1 Å². The lowest BCUT2D eigenvalue weighted by Crippen LogP contribution is -2.13. The molecular formula is C17H21N. The average Bonchev–Trinajstić information content (AvgIpc) is 2.40. The second-order valence-corrected chi connectivity index (χ2v) is 4.79. The maximum Gasteiger partial charge on any atom is 0.0335 e. The molecule has 1 unspecified atom stereocenters. The van der Waals surface area contributed by atoms with Crippen molar-refractivity contribution in [2.24, 2.45) is 5.73 Å². The third-order valence-corrected chi connectivity index (χ3v) is 3.22. The first-order valence-electron chi connectivity index (χ1n) is 6.68. The van der Waals surface area contributed by atoms with Crippen LogP contribution >= 0.6 is 0 Å². The van der Waals surface area contributed by atoms with Gasteiger partial charge in [0.05, 0.1) is 0 Å². The van der Waals surface area contributed by atoms with E-state index in [9.17, 15) is 0 Å². The highest BCUT2D eigenvalue weighted by atomic mass is 14.6. The van der Waals surface area contributed by atoms with Gasteiger partial charge in [0.15, 0.2) is 0 Å². The smallest absolute Gasteiger partial charge is 0.0335 e. The highest BCUT2D eigenvalue weighted by Gasteiger charge is 2.07. The van der Waals surface area contributed by atoms with Crippen molar-refractivity contribution in [3.8, 4) is 0 Å². The Kier molecular flexibility index (Phi) is 4.54. The zero-order chi connectivity index (χ0) is 12.8. The van der Waals surface area contributed by atoms with E-state index in [1.54, 1.807) is 0 Å². The van der Waals surface area contributed by atoms with Gasteiger partial charge in [-0.3, -0.25) is 0 Å². The van der Waals surface area contributed by atoms with E-state index in [4.69, 9.17) is 5.73 Å². The molecule has 2 aromatic rings. The Morgan fingerprint density at radius 2 is 1.67 bits per heavy atom. The molecule has 0 saturated carbocycles. The first kappa shape index (κ1) is 12.8. The highest BCUT2D eigenvalue weighted by Crippen LogP contribution is 2.18. The van der Waals surface area contributed by atoms with Gasteiger partial charge in [-0.2, -0.15) is 0 Å². The number of benzene rings is 2. The zero-order valence-corrected chi connectivity index (χ0v) is 11.0. The van der Waals surface area contributed by atoms with E-state index in [-0.39, 0.29) is 6.04 Å². The van der Waals surface area contributed by atoms with E-state index in [0.717, 1.165) is 12.8 Å². The van der Waals surface area contributed by atoms with Gasteiger partial charge in [-0.05, 0) is 29.5 Å². The molecule has 2 rings (SSSR count). The van der Waals surface area contributed by atoms with Crippen LogP contribution in [0.15, 0.2) is 54.6 Å². The van der Waals surface area contributed by atoms with Crippen LogP contribution < -0.4 is 5.73 Å². The van der Waals surface area contributed by atoms with Gasteiger partial charge in [0, 0.05) is 6.04 Å². The molecule has 1 heteroatoms. The van der Waals surface area contributed by atoms with E-state index >= 15 is 0 Å². The third-order valence-electron chi connectivity index (χ3n) is 3.22. The van der Waals surface area contributed by atoms with Crippen LogP contribution in [0.2, 0.25) is 0 Å². The quantitative estimate of drug-likeness (QED) is 0.842. The molecule has 1 atom stereocenters. The molecule has 0 aliphatic rings. The Bertz CT molecular complexity index is 476. The summed E-state index contributed by atoms with van der Waals surface area (Å²) in [6.45, 7) is 2.20. The Hall–Kier alpha value is -1.60. The molecule has 0 saturated heterocycles. The van der Waals surface area contributed by atoms with Gasteiger partial charge in [-0.1, -0.05) is 67.9 Å². The zero-order valence-electron chi connectivity index (χ0n) is 11.0. The Balaban J connectivity index is 2.08. The normalized spacial score (nSPS) is 12.3. The van der Waals surface area contributed by atoms with Crippen LogP contribution in [0.25, 0.3) is 0 Å². The standard InChI is InChI=1S/C17H21N/c1-2-7-14-10-6-11-16(12-14)17(18)13-15-8-4-3-5-9-15/h3-6,8-12,17H,2,7,13,18H2,1H3. The minimum absolute atomic E-state index is 0.0872. The van der Waals surface area contributed by atoms with Gasteiger partial charge >= 0.3 is 0 Å². The summed E-state index contributed by atoms with van der Waals surface area (Å²) in [5.74, 6) is 0. The van der Waals surface area contributed by atoms with Gasteiger partial charge in [0.25, 0.3) is 0 Å². The van der Waals surface area contributed by atoms with Crippen LogP contribution in [0, 0.1) is 0 Å². The third kappa shape index (κ3) is 3.44. The summed E-state index contributed by atoms with van der Waals surface area (Å²) in [6.07, 6.45) is 3.21. The van der Waals surface area contributed by atoms with E-state index in [1.807, 2.05) is 6.07 Å². The Morgan fingerprint density at radius 3 is 2.39 bits per heavy atom.